The molecule has 2 aromatic rings. The van der Waals surface area contributed by atoms with Crippen LogP contribution in [0.1, 0.15) is 81.4 Å². The third kappa shape index (κ3) is 5.68. The Kier molecular flexibility index (Phi) is 8.00. The first kappa shape index (κ1) is 22.0. The van der Waals surface area contributed by atoms with Crippen LogP contribution in [-0.2, 0) is 6.42 Å². The van der Waals surface area contributed by atoms with Gasteiger partial charge >= 0.3 is 0 Å². The Morgan fingerprint density at radius 2 is 1.53 bits per heavy atom. The van der Waals surface area contributed by atoms with Crippen molar-refractivity contribution in [1.29, 1.82) is 0 Å². The summed E-state index contributed by atoms with van der Waals surface area (Å²) in [5.74, 6) is 0.765. The molecule has 1 aliphatic heterocycles. The van der Waals surface area contributed by atoms with Crippen LogP contribution in [0.15, 0.2) is 35.4 Å². The first-order valence-electron chi connectivity index (χ1n) is 11.3. The highest BCUT2D eigenvalue weighted by molar-refractivity contribution is 5.98. The molecule has 0 aliphatic carbocycles. The van der Waals surface area contributed by atoms with Crippen LogP contribution in [0, 0.1) is 6.92 Å². The van der Waals surface area contributed by atoms with Gasteiger partial charge < -0.3 is 14.9 Å². The lowest BCUT2D eigenvalue weighted by Crippen LogP contribution is -2.19. The SMILES string of the molecule is CCCCCCCCCCCc1c(O)c(O)cc2c1OC(c1ccc(C)cc1)=NN2. The zero-order valence-electron chi connectivity index (χ0n) is 18.2. The molecule has 0 saturated heterocycles. The van der Waals surface area contributed by atoms with Crippen LogP contribution in [0.3, 0.4) is 0 Å². The molecule has 30 heavy (non-hydrogen) atoms. The summed E-state index contributed by atoms with van der Waals surface area (Å²) < 4.78 is 6.07. The predicted octanol–water partition coefficient (Wildman–Crippen LogP) is 6.65. The summed E-state index contributed by atoms with van der Waals surface area (Å²) in [7, 11) is 0. The number of fused-ring (bicyclic) bond motifs is 1. The van der Waals surface area contributed by atoms with Gasteiger partial charge in [-0.1, -0.05) is 76.0 Å². The Morgan fingerprint density at radius 1 is 0.900 bits per heavy atom. The van der Waals surface area contributed by atoms with Crippen molar-refractivity contribution in [3.8, 4) is 17.2 Å². The maximum absolute atomic E-state index is 10.5. The number of phenolic OH excluding ortho intramolecular Hbond substituents is 2. The second kappa shape index (κ2) is 10.9. The standard InChI is InChI=1S/C25H34N2O3/c1-3-4-5-6-7-8-9-10-11-12-20-23(29)22(28)17-21-24(20)30-25(27-26-21)19-15-13-18(2)14-16-19/h13-17,26,28-29H,3-12H2,1-2H3. The molecule has 5 heteroatoms. The molecule has 0 fully saturated rings. The number of phenols is 2. The number of nitrogens with zero attached hydrogens (tertiary/aromatic N) is 1. The van der Waals surface area contributed by atoms with Gasteiger partial charge in [-0.2, -0.15) is 0 Å². The van der Waals surface area contributed by atoms with Gasteiger partial charge in [0.15, 0.2) is 17.2 Å². The molecule has 3 rings (SSSR count). The summed E-state index contributed by atoms with van der Waals surface area (Å²) in [5, 5.41) is 24.9. The fourth-order valence-electron chi connectivity index (χ4n) is 3.79. The topological polar surface area (TPSA) is 74.1 Å². The molecular weight excluding hydrogens is 376 g/mol. The number of anilines is 1. The fraction of sp³-hybridized carbons (Fsp3) is 0.480. The van der Waals surface area contributed by atoms with E-state index in [1.54, 1.807) is 0 Å². The highest BCUT2D eigenvalue weighted by Crippen LogP contribution is 2.44. The number of nitrogens with one attached hydrogen (secondary N) is 1. The van der Waals surface area contributed by atoms with E-state index in [-0.39, 0.29) is 11.5 Å². The highest BCUT2D eigenvalue weighted by atomic mass is 16.5. The summed E-state index contributed by atoms with van der Waals surface area (Å²) in [4.78, 5) is 0. The number of hydrogen-bond donors (Lipinski definition) is 3. The maximum Gasteiger partial charge on any atom is 0.243 e. The molecule has 1 aliphatic rings. The molecule has 0 aromatic heterocycles. The average Bonchev–Trinajstić information content (AvgIpc) is 2.75. The minimum absolute atomic E-state index is 0.0970. The number of hydrazone groups is 1. The molecule has 0 spiro atoms. The molecule has 5 nitrogen and oxygen atoms in total. The summed E-state index contributed by atoms with van der Waals surface area (Å²) in [6.45, 7) is 4.27. The molecule has 162 valence electrons. The first-order chi connectivity index (χ1) is 14.6. The number of unbranched alkanes of at least 4 members (excludes halogenated alkanes) is 8. The van der Waals surface area contributed by atoms with Gasteiger partial charge in [-0.3, -0.25) is 5.43 Å². The van der Waals surface area contributed by atoms with E-state index in [0.29, 0.717) is 29.3 Å². The number of ether oxygens (including phenoxy) is 1. The number of hydrogen-bond acceptors (Lipinski definition) is 5. The lowest BCUT2D eigenvalue weighted by molar-refractivity contribution is 0.393. The maximum atomic E-state index is 10.5. The van der Waals surface area contributed by atoms with Crippen LogP contribution in [-0.4, -0.2) is 16.1 Å². The molecule has 0 bridgehead atoms. The van der Waals surface area contributed by atoms with Crippen molar-refractivity contribution in [2.75, 3.05) is 5.43 Å². The molecular formula is C25H34N2O3. The quantitative estimate of drug-likeness (QED) is 0.220. The van der Waals surface area contributed by atoms with Crippen LogP contribution in [0.25, 0.3) is 0 Å². The second-order valence-corrected chi connectivity index (χ2v) is 8.17. The van der Waals surface area contributed by atoms with E-state index >= 15 is 0 Å². The monoisotopic (exact) mass is 410 g/mol. The summed E-state index contributed by atoms with van der Waals surface area (Å²) in [6.07, 6.45) is 11.7. The van der Waals surface area contributed by atoms with Gasteiger partial charge in [-0.05, 0) is 31.9 Å². The zero-order valence-corrected chi connectivity index (χ0v) is 18.2. The minimum atomic E-state index is -0.148. The Balaban J connectivity index is 1.60. The van der Waals surface area contributed by atoms with Gasteiger partial charge in [0.2, 0.25) is 5.90 Å². The lowest BCUT2D eigenvalue weighted by Gasteiger charge is -2.22. The second-order valence-electron chi connectivity index (χ2n) is 8.17. The molecule has 0 atom stereocenters. The zero-order chi connectivity index (χ0) is 21.3. The minimum Gasteiger partial charge on any atom is -0.504 e. The van der Waals surface area contributed by atoms with Gasteiger partial charge in [0, 0.05) is 17.2 Å². The van der Waals surface area contributed by atoms with E-state index in [2.05, 4.69) is 17.5 Å². The van der Waals surface area contributed by atoms with Crippen molar-refractivity contribution in [3.63, 3.8) is 0 Å². The molecule has 2 aromatic carbocycles. The van der Waals surface area contributed by atoms with E-state index in [0.717, 1.165) is 24.0 Å². The molecule has 3 N–H and O–H groups in total. The summed E-state index contributed by atoms with van der Waals surface area (Å²) >= 11 is 0. The third-order valence-electron chi connectivity index (χ3n) is 5.63. The van der Waals surface area contributed by atoms with Crippen molar-refractivity contribution in [1.82, 2.24) is 0 Å². The Bertz CT molecular complexity index is 860. The Morgan fingerprint density at radius 3 is 2.20 bits per heavy atom. The molecule has 0 unspecified atom stereocenters. The Hall–Kier alpha value is -2.69. The largest absolute Gasteiger partial charge is 0.504 e. The number of aromatic hydroxyl groups is 2. The van der Waals surface area contributed by atoms with Crippen LogP contribution in [0.4, 0.5) is 5.69 Å². The van der Waals surface area contributed by atoms with Gasteiger partial charge in [-0.15, -0.1) is 5.10 Å². The van der Waals surface area contributed by atoms with E-state index in [4.69, 9.17) is 4.74 Å². The van der Waals surface area contributed by atoms with Crippen molar-refractivity contribution >= 4 is 11.6 Å². The van der Waals surface area contributed by atoms with Crippen molar-refractivity contribution in [2.45, 2.75) is 78.1 Å². The van der Waals surface area contributed by atoms with E-state index in [1.165, 1.54) is 51.0 Å². The fourth-order valence-corrected chi connectivity index (χ4v) is 3.79. The van der Waals surface area contributed by atoms with Gasteiger partial charge in [0.25, 0.3) is 0 Å². The molecule has 1 heterocycles. The Labute approximate surface area is 179 Å². The molecule has 0 saturated carbocycles. The lowest BCUT2D eigenvalue weighted by atomic mass is 10.0. The van der Waals surface area contributed by atoms with Gasteiger partial charge in [-0.25, -0.2) is 0 Å². The van der Waals surface area contributed by atoms with Crippen LogP contribution < -0.4 is 10.2 Å². The van der Waals surface area contributed by atoms with E-state index < -0.39 is 0 Å². The van der Waals surface area contributed by atoms with E-state index in [9.17, 15) is 10.2 Å². The summed E-state index contributed by atoms with van der Waals surface area (Å²) in [5.41, 5.74) is 6.20. The van der Waals surface area contributed by atoms with Crippen molar-refractivity contribution in [2.24, 2.45) is 5.10 Å². The normalized spacial score (nSPS) is 12.7. The van der Waals surface area contributed by atoms with Crippen LogP contribution >= 0.6 is 0 Å². The number of rotatable bonds is 11. The smallest absolute Gasteiger partial charge is 0.243 e. The number of benzene rings is 2. The van der Waals surface area contributed by atoms with Crippen LogP contribution in [0.2, 0.25) is 0 Å². The first-order valence-corrected chi connectivity index (χ1v) is 11.3. The average molecular weight is 411 g/mol. The van der Waals surface area contributed by atoms with Crippen LogP contribution in [0.5, 0.6) is 17.2 Å². The molecule has 0 radical (unpaired) electrons. The predicted molar refractivity (Wildman–Crippen MR) is 123 cm³/mol. The van der Waals surface area contributed by atoms with Crippen molar-refractivity contribution in [3.05, 3.63) is 47.0 Å². The van der Waals surface area contributed by atoms with Gasteiger partial charge in [0.1, 0.15) is 5.69 Å². The molecule has 0 amide bonds. The van der Waals surface area contributed by atoms with Gasteiger partial charge in [0.05, 0.1) is 0 Å². The number of aryl methyl sites for hydroxylation is 1. The van der Waals surface area contributed by atoms with Crippen molar-refractivity contribution < 1.29 is 14.9 Å². The van der Waals surface area contributed by atoms with E-state index in [1.807, 2.05) is 31.2 Å². The summed E-state index contributed by atoms with van der Waals surface area (Å²) in [6, 6.07) is 9.39. The third-order valence-corrected chi connectivity index (χ3v) is 5.63. The highest BCUT2D eigenvalue weighted by Gasteiger charge is 2.24.